The highest BCUT2D eigenvalue weighted by molar-refractivity contribution is 6.43. The van der Waals surface area contributed by atoms with Gasteiger partial charge in [0.2, 0.25) is 0 Å². The van der Waals surface area contributed by atoms with Crippen molar-refractivity contribution in [2.45, 2.75) is 0 Å². The number of hydrogen-bond acceptors (Lipinski definition) is 0. The third-order valence-corrected chi connectivity index (χ3v) is 7.08. The Balaban J connectivity index is 1.87. The lowest BCUT2D eigenvalue weighted by Gasteiger charge is -2.19. The van der Waals surface area contributed by atoms with Crippen molar-refractivity contribution in [2.75, 3.05) is 0 Å². The molecule has 0 atom stereocenters. The maximum Gasteiger partial charge on any atom is -0.00134 e. The molecule has 0 aliphatic heterocycles. The Labute approximate surface area is 172 Å². The van der Waals surface area contributed by atoms with Gasteiger partial charge in [0.25, 0.3) is 0 Å². The number of benzene rings is 8. The molecule has 0 amide bonds. The van der Waals surface area contributed by atoms with Gasteiger partial charge in [-0.1, -0.05) is 84.9 Å². The Kier molecular flexibility index (Phi) is 2.49. The molecule has 0 heterocycles. The Morgan fingerprint density at radius 1 is 0.267 bits per heavy atom. The van der Waals surface area contributed by atoms with E-state index >= 15 is 0 Å². The Hall–Kier alpha value is -3.90. The first kappa shape index (κ1) is 15.0. The van der Waals surface area contributed by atoms with Crippen molar-refractivity contribution in [3.63, 3.8) is 0 Å². The van der Waals surface area contributed by atoms with Crippen LogP contribution in [-0.2, 0) is 0 Å². The van der Waals surface area contributed by atoms with Gasteiger partial charge in [-0.3, -0.25) is 0 Å². The normalized spacial score (nSPS) is 12.7. The van der Waals surface area contributed by atoms with Crippen molar-refractivity contribution in [3.8, 4) is 0 Å². The predicted molar refractivity (Wildman–Crippen MR) is 131 cm³/mol. The molecule has 8 aromatic carbocycles. The van der Waals surface area contributed by atoms with Gasteiger partial charge in [0.1, 0.15) is 0 Å². The maximum atomic E-state index is 2.44. The second kappa shape index (κ2) is 4.98. The Bertz CT molecular complexity index is 1940. The fraction of sp³-hybridized carbons (Fsp3) is 0. The van der Waals surface area contributed by atoms with Crippen LogP contribution in [0.4, 0.5) is 0 Å². The average Bonchev–Trinajstić information content (AvgIpc) is 2.80. The summed E-state index contributed by atoms with van der Waals surface area (Å²) >= 11 is 0. The zero-order valence-electron chi connectivity index (χ0n) is 16.2. The van der Waals surface area contributed by atoms with E-state index in [1.807, 2.05) is 0 Å². The third-order valence-electron chi connectivity index (χ3n) is 7.08. The summed E-state index contributed by atoms with van der Waals surface area (Å²) in [6.45, 7) is 0. The van der Waals surface area contributed by atoms with E-state index in [-0.39, 0.29) is 0 Å². The molecule has 0 saturated carbocycles. The van der Waals surface area contributed by atoms with Gasteiger partial charge in [-0.05, 0) is 87.5 Å². The number of fused-ring (bicyclic) bond motifs is 4. The zero-order chi connectivity index (χ0) is 19.4. The van der Waals surface area contributed by atoms with Crippen molar-refractivity contribution in [3.05, 3.63) is 97.1 Å². The molecular weight excluding hydrogens is 360 g/mol. The van der Waals surface area contributed by atoms with Crippen LogP contribution < -0.4 is 0 Å². The van der Waals surface area contributed by atoms with E-state index in [2.05, 4.69) is 97.1 Å². The van der Waals surface area contributed by atoms with Gasteiger partial charge in [-0.15, -0.1) is 0 Å². The second-order valence-corrected chi connectivity index (χ2v) is 8.53. The van der Waals surface area contributed by atoms with Crippen LogP contribution in [0.25, 0.3) is 75.4 Å². The average molecular weight is 376 g/mol. The van der Waals surface area contributed by atoms with E-state index in [9.17, 15) is 0 Å². The van der Waals surface area contributed by atoms with Crippen molar-refractivity contribution in [1.29, 1.82) is 0 Å². The van der Waals surface area contributed by atoms with E-state index in [1.54, 1.807) is 0 Å². The monoisotopic (exact) mass is 376 g/mol. The van der Waals surface area contributed by atoms with Crippen LogP contribution in [0.1, 0.15) is 0 Å². The van der Waals surface area contributed by atoms with Crippen molar-refractivity contribution < 1.29 is 0 Å². The zero-order valence-corrected chi connectivity index (χ0v) is 16.2. The predicted octanol–water partition coefficient (Wildman–Crippen LogP) is 8.63. The number of hydrogen-bond donors (Lipinski definition) is 0. The molecule has 0 spiro atoms. The van der Waals surface area contributed by atoms with Crippen molar-refractivity contribution in [1.82, 2.24) is 0 Å². The summed E-state index contributed by atoms with van der Waals surface area (Å²) in [5.41, 5.74) is 0. The molecule has 8 rings (SSSR count). The fourth-order valence-electron chi connectivity index (χ4n) is 5.90. The molecule has 0 saturated heterocycles. The lowest BCUT2D eigenvalue weighted by Crippen LogP contribution is -1.91. The maximum absolute atomic E-state index is 2.44. The second-order valence-electron chi connectivity index (χ2n) is 8.53. The van der Waals surface area contributed by atoms with Gasteiger partial charge in [-0.2, -0.15) is 0 Å². The third kappa shape index (κ3) is 1.62. The largest absolute Gasteiger partial charge is 0.0616 e. The summed E-state index contributed by atoms with van der Waals surface area (Å²) in [5.74, 6) is 0. The fourth-order valence-corrected chi connectivity index (χ4v) is 5.90. The molecule has 0 nitrogen and oxygen atoms in total. The quantitative estimate of drug-likeness (QED) is 0.183. The van der Waals surface area contributed by atoms with E-state index in [1.165, 1.54) is 75.4 Å². The molecule has 30 heavy (non-hydrogen) atoms. The molecule has 0 aliphatic rings. The van der Waals surface area contributed by atoms with Crippen LogP contribution in [0, 0.1) is 0 Å². The lowest BCUT2D eigenvalue weighted by atomic mass is 9.83. The summed E-state index contributed by atoms with van der Waals surface area (Å²) in [4.78, 5) is 0. The van der Waals surface area contributed by atoms with Crippen LogP contribution in [-0.4, -0.2) is 0 Å². The molecule has 0 aromatic heterocycles. The van der Waals surface area contributed by atoms with Gasteiger partial charge in [0.15, 0.2) is 0 Å². The van der Waals surface area contributed by atoms with Gasteiger partial charge < -0.3 is 0 Å². The van der Waals surface area contributed by atoms with Gasteiger partial charge in [0.05, 0.1) is 0 Å². The summed E-state index contributed by atoms with van der Waals surface area (Å²) < 4.78 is 0. The molecule has 0 N–H and O–H groups in total. The molecule has 0 heteroatoms. The van der Waals surface area contributed by atoms with Crippen molar-refractivity contribution >= 4 is 75.4 Å². The summed E-state index contributed by atoms with van der Waals surface area (Å²) in [6, 6.07) is 36.3. The smallest absolute Gasteiger partial charge is 0.00134 e. The van der Waals surface area contributed by atoms with Crippen LogP contribution in [0.5, 0.6) is 0 Å². The highest BCUT2D eigenvalue weighted by atomic mass is 14.2. The standard InChI is InChI=1S/C30H16/c1-2-9-22-19(5-1)15-20-8-4-10-23-24-14-13-18-12-11-17-6-3-7-21-16-25(29(22)27(20)23)30(24)28(18)26(17)21/h1-16H. The minimum absolute atomic E-state index is 1.31. The first-order chi connectivity index (χ1) is 14.9. The van der Waals surface area contributed by atoms with Crippen LogP contribution >= 0.6 is 0 Å². The minimum Gasteiger partial charge on any atom is -0.0616 e. The van der Waals surface area contributed by atoms with E-state index in [4.69, 9.17) is 0 Å². The highest BCUT2D eigenvalue weighted by Gasteiger charge is 2.18. The molecule has 0 unspecified atom stereocenters. The summed E-state index contributed by atoms with van der Waals surface area (Å²) in [6.07, 6.45) is 0. The van der Waals surface area contributed by atoms with Crippen LogP contribution in [0.15, 0.2) is 97.1 Å². The Morgan fingerprint density at radius 2 is 0.867 bits per heavy atom. The first-order valence-corrected chi connectivity index (χ1v) is 10.5. The van der Waals surface area contributed by atoms with Crippen LogP contribution in [0.2, 0.25) is 0 Å². The van der Waals surface area contributed by atoms with Gasteiger partial charge >= 0.3 is 0 Å². The molecule has 0 fully saturated rings. The Morgan fingerprint density at radius 3 is 1.80 bits per heavy atom. The molecule has 0 bridgehead atoms. The molecule has 8 aromatic rings. The SMILES string of the molecule is c1ccc2c(c1)cc1cccc3c4ccc5ccc6cccc7cc(c2c13)c4c5c67. The minimum atomic E-state index is 1.31. The van der Waals surface area contributed by atoms with Crippen LogP contribution in [0.3, 0.4) is 0 Å². The summed E-state index contributed by atoms with van der Waals surface area (Å²) in [7, 11) is 0. The van der Waals surface area contributed by atoms with Gasteiger partial charge in [0, 0.05) is 0 Å². The highest BCUT2D eigenvalue weighted by Crippen LogP contribution is 2.47. The number of rotatable bonds is 0. The summed E-state index contributed by atoms with van der Waals surface area (Å²) in [5, 5.41) is 19.1. The van der Waals surface area contributed by atoms with E-state index in [0.29, 0.717) is 0 Å². The molecule has 136 valence electrons. The van der Waals surface area contributed by atoms with Crippen molar-refractivity contribution in [2.24, 2.45) is 0 Å². The van der Waals surface area contributed by atoms with E-state index < -0.39 is 0 Å². The molecule has 0 radical (unpaired) electrons. The topological polar surface area (TPSA) is 0 Å². The lowest BCUT2D eigenvalue weighted by molar-refractivity contribution is 1.79. The molecular formula is C30H16. The van der Waals surface area contributed by atoms with Gasteiger partial charge in [-0.25, -0.2) is 0 Å². The van der Waals surface area contributed by atoms with E-state index in [0.717, 1.165) is 0 Å². The first-order valence-electron chi connectivity index (χ1n) is 10.5. The molecule has 0 aliphatic carbocycles.